The fraction of sp³-hybridized carbons (Fsp3) is 0.0769. The molecule has 0 unspecified atom stereocenters. The number of aromatic nitrogens is 1. The Labute approximate surface area is 240 Å². The molecule has 2 heterocycles. The molecule has 0 aliphatic carbocycles. The minimum absolute atomic E-state index is 0.0587. The van der Waals surface area contributed by atoms with Crippen LogP contribution in [0.25, 0.3) is 38.6 Å². The van der Waals surface area contributed by atoms with Crippen molar-refractivity contribution in [2.45, 2.75) is 19.3 Å². The summed E-state index contributed by atoms with van der Waals surface area (Å²) in [6, 6.07) is 52.9. The summed E-state index contributed by atoms with van der Waals surface area (Å²) in [6.07, 6.45) is 0. The van der Waals surface area contributed by atoms with Crippen molar-refractivity contribution >= 4 is 38.9 Å². The van der Waals surface area contributed by atoms with Gasteiger partial charge in [-0.15, -0.1) is 0 Å². The number of nitrogens with zero attached hydrogens (tertiary/aromatic N) is 2. The van der Waals surface area contributed by atoms with Crippen LogP contribution >= 0.6 is 0 Å². The molecular formula is C39H30N2. The lowest BCUT2D eigenvalue weighted by molar-refractivity contribution is 0.632. The van der Waals surface area contributed by atoms with Crippen molar-refractivity contribution in [2.24, 2.45) is 0 Å². The van der Waals surface area contributed by atoms with Crippen LogP contribution in [0.4, 0.5) is 17.1 Å². The number of anilines is 3. The molecule has 2 heteroatoms. The molecule has 0 bridgehead atoms. The number of hydrogen-bond acceptors (Lipinski definition) is 1. The maximum Gasteiger partial charge on any atom is 0.0541 e. The van der Waals surface area contributed by atoms with Gasteiger partial charge in [0.15, 0.2) is 0 Å². The predicted molar refractivity (Wildman–Crippen MR) is 173 cm³/mol. The first-order valence-electron chi connectivity index (χ1n) is 14.3. The SMILES string of the molecule is CC1(C)c2ccccc2N(c2ccc(-c3cccc(-n4c5ccccc5c5ccccc54)c3)cc2)c2ccccc21. The Morgan fingerprint density at radius 2 is 0.976 bits per heavy atom. The van der Waals surface area contributed by atoms with E-state index < -0.39 is 0 Å². The first-order chi connectivity index (χ1) is 20.1. The molecule has 1 aliphatic rings. The Balaban J connectivity index is 1.22. The Bertz CT molecular complexity index is 1980. The molecule has 0 saturated carbocycles. The number of para-hydroxylation sites is 4. The van der Waals surface area contributed by atoms with Crippen molar-refractivity contribution in [3.05, 3.63) is 157 Å². The molecule has 0 atom stereocenters. The molecular weight excluding hydrogens is 496 g/mol. The van der Waals surface area contributed by atoms with E-state index in [0.717, 1.165) is 0 Å². The highest BCUT2D eigenvalue weighted by Crippen LogP contribution is 2.51. The summed E-state index contributed by atoms with van der Waals surface area (Å²) in [6.45, 7) is 4.66. The molecule has 0 amide bonds. The molecule has 1 aliphatic heterocycles. The topological polar surface area (TPSA) is 8.17 Å². The van der Waals surface area contributed by atoms with Gasteiger partial charge in [-0.25, -0.2) is 0 Å². The van der Waals surface area contributed by atoms with Gasteiger partial charge in [-0.05, 0) is 70.8 Å². The van der Waals surface area contributed by atoms with Gasteiger partial charge < -0.3 is 9.47 Å². The molecule has 1 aromatic heterocycles. The highest BCUT2D eigenvalue weighted by Gasteiger charge is 2.36. The van der Waals surface area contributed by atoms with Crippen molar-refractivity contribution in [3.63, 3.8) is 0 Å². The minimum atomic E-state index is -0.0587. The van der Waals surface area contributed by atoms with Gasteiger partial charge in [-0.3, -0.25) is 0 Å². The van der Waals surface area contributed by atoms with E-state index in [1.807, 2.05) is 0 Å². The van der Waals surface area contributed by atoms with Crippen LogP contribution in [0.2, 0.25) is 0 Å². The Hall–Kier alpha value is -5.08. The molecule has 0 spiro atoms. The molecule has 196 valence electrons. The van der Waals surface area contributed by atoms with E-state index in [-0.39, 0.29) is 5.41 Å². The van der Waals surface area contributed by atoms with Crippen LogP contribution in [0, 0.1) is 0 Å². The normalized spacial score (nSPS) is 13.8. The van der Waals surface area contributed by atoms with E-state index in [4.69, 9.17) is 0 Å². The highest BCUT2D eigenvalue weighted by molar-refractivity contribution is 6.09. The van der Waals surface area contributed by atoms with Crippen LogP contribution in [0.5, 0.6) is 0 Å². The summed E-state index contributed by atoms with van der Waals surface area (Å²) in [5, 5.41) is 2.56. The van der Waals surface area contributed by atoms with Crippen LogP contribution in [0.15, 0.2) is 146 Å². The minimum Gasteiger partial charge on any atom is -0.310 e. The standard InChI is InChI=1S/C39H30N2/c1-39(2)33-16-5-9-20-37(33)40(38-21-10-6-17-34(38)39)29-24-22-27(23-25-29)28-12-11-13-30(26-28)41-35-18-7-3-14-31(35)32-15-4-8-19-36(32)41/h3-26H,1-2H3. The summed E-state index contributed by atoms with van der Waals surface area (Å²) >= 11 is 0. The first kappa shape index (κ1) is 23.8. The summed E-state index contributed by atoms with van der Waals surface area (Å²) in [5.41, 5.74) is 12.3. The lowest BCUT2D eigenvalue weighted by Crippen LogP contribution is -2.30. The van der Waals surface area contributed by atoms with Gasteiger partial charge in [-0.1, -0.05) is 111 Å². The molecule has 2 nitrogen and oxygen atoms in total. The number of benzene rings is 6. The van der Waals surface area contributed by atoms with Crippen LogP contribution in [-0.2, 0) is 5.41 Å². The maximum atomic E-state index is 2.41. The lowest BCUT2D eigenvalue weighted by atomic mass is 9.73. The number of hydrogen-bond donors (Lipinski definition) is 0. The third-order valence-electron chi connectivity index (χ3n) is 8.78. The van der Waals surface area contributed by atoms with Gasteiger partial charge in [0.2, 0.25) is 0 Å². The van der Waals surface area contributed by atoms with Gasteiger partial charge in [0, 0.05) is 27.6 Å². The Kier molecular flexibility index (Phi) is 5.20. The van der Waals surface area contributed by atoms with Gasteiger partial charge in [-0.2, -0.15) is 0 Å². The second kappa shape index (κ2) is 8.97. The highest BCUT2D eigenvalue weighted by atomic mass is 15.2. The van der Waals surface area contributed by atoms with E-state index >= 15 is 0 Å². The molecule has 0 radical (unpaired) electrons. The van der Waals surface area contributed by atoms with Gasteiger partial charge in [0.1, 0.15) is 0 Å². The summed E-state index contributed by atoms with van der Waals surface area (Å²) in [7, 11) is 0. The van der Waals surface area contributed by atoms with E-state index in [1.165, 1.54) is 66.8 Å². The summed E-state index contributed by atoms with van der Waals surface area (Å²) in [5.74, 6) is 0. The van der Waals surface area contributed by atoms with E-state index in [1.54, 1.807) is 0 Å². The maximum absolute atomic E-state index is 2.41. The summed E-state index contributed by atoms with van der Waals surface area (Å²) in [4.78, 5) is 2.41. The second-order valence-corrected chi connectivity index (χ2v) is 11.5. The average molecular weight is 527 g/mol. The van der Waals surface area contributed by atoms with Gasteiger partial charge in [0.25, 0.3) is 0 Å². The van der Waals surface area contributed by atoms with Crippen molar-refractivity contribution in [3.8, 4) is 16.8 Å². The van der Waals surface area contributed by atoms with Crippen LogP contribution < -0.4 is 4.90 Å². The van der Waals surface area contributed by atoms with Crippen LogP contribution in [-0.4, -0.2) is 4.57 Å². The number of fused-ring (bicyclic) bond motifs is 5. The zero-order valence-electron chi connectivity index (χ0n) is 23.3. The largest absolute Gasteiger partial charge is 0.310 e. The first-order valence-corrected chi connectivity index (χ1v) is 14.3. The fourth-order valence-electron chi connectivity index (χ4n) is 6.78. The Morgan fingerprint density at radius 1 is 0.439 bits per heavy atom. The smallest absolute Gasteiger partial charge is 0.0541 e. The zero-order chi connectivity index (χ0) is 27.6. The van der Waals surface area contributed by atoms with E-state index in [0.29, 0.717) is 0 Å². The van der Waals surface area contributed by atoms with Crippen molar-refractivity contribution in [2.75, 3.05) is 4.90 Å². The molecule has 6 aromatic carbocycles. The molecule has 0 fully saturated rings. The van der Waals surface area contributed by atoms with Gasteiger partial charge in [0.05, 0.1) is 22.4 Å². The van der Waals surface area contributed by atoms with E-state index in [2.05, 4.69) is 169 Å². The fourth-order valence-corrected chi connectivity index (χ4v) is 6.78. The quantitative estimate of drug-likeness (QED) is 0.222. The lowest BCUT2D eigenvalue weighted by Gasteiger charge is -2.42. The molecule has 7 aromatic rings. The third-order valence-corrected chi connectivity index (χ3v) is 8.78. The van der Waals surface area contributed by atoms with Crippen molar-refractivity contribution in [1.29, 1.82) is 0 Å². The predicted octanol–water partition coefficient (Wildman–Crippen LogP) is 10.6. The molecule has 8 rings (SSSR count). The molecule has 0 saturated heterocycles. The van der Waals surface area contributed by atoms with Crippen LogP contribution in [0.3, 0.4) is 0 Å². The molecule has 0 N–H and O–H groups in total. The van der Waals surface area contributed by atoms with Gasteiger partial charge >= 0.3 is 0 Å². The zero-order valence-corrected chi connectivity index (χ0v) is 23.3. The second-order valence-electron chi connectivity index (χ2n) is 11.5. The van der Waals surface area contributed by atoms with Crippen molar-refractivity contribution in [1.82, 2.24) is 4.57 Å². The summed E-state index contributed by atoms with van der Waals surface area (Å²) < 4.78 is 2.38. The van der Waals surface area contributed by atoms with Crippen LogP contribution in [0.1, 0.15) is 25.0 Å². The average Bonchev–Trinajstić information content (AvgIpc) is 3.36. The Morgan fingerprint density at radius 3 is 1.59 bits per heavy atom. The van der Waals surface area contributed by atoms with E-state index in [9.17, 15) is 0 Å². The number of rotatable bonds is 3. The molecule has 41 heavy (non-hydrogen) atoms. The van der Waals surface area contributed by atoms with Crippen molar-refractivity contribution < 1.29 is 0 Å². The third kappa shape index (κ3) is 3.57. The monoisotopic (exact) mass is 526 g/mol.